The van der Waals surface area contributed by atoms with Crippen LogP contribution in [0.3, 0.4) is 0 Å². The monoisotopic (exact) mass is 303 g/mol. The predicted molar refractivity (Wildman–Crippen MR) is 79.9 cm³/mol. The van der Waals surface area contributed by atoms with Gasteiger partial charge < -0.3 is 18.9 Å². The van der Waals surface area contributed by atoms with Crippen LogP contribution in [0.2, 0.25) is 0 Å². The largest absolute Gasteiger partial charge is 0.497 e. The third-order valence-corrected chi connectivity index (χ3v) is 4.82. The molecule has 1 heterocycles. The van der Waals surface area contributed by atoms with E-state index in [1.54, 1.807) is 14.2 Å². The van der Waals surface area contributed by atoms with Crippen molar-refractivity contribution in [3.63, 3.8) is 0 Å². The van der Waals surface area contributed by atoms with Crippen molar-refractivity contribution in [1.82, 2.24) is 0 Å². The maximum absolute atomic E-state index is 9.85. The molecule has 2 aliphatic rings. The van der Waals surface area contributed by atoms with Crippen LogP contribution in [-0.4, -0.2) is 33.2 Å². The van der Waals surface area contributed by atoms with Crippen LogP contribution in [0.5, 0.6) is 11.5 Å². The van der Waals surface area contributed by atoms with Crippen LogP contribution in [0, 0.1) is 11.3 Å². The van der Waals surface area contributed by atoms with Gasteiger partial charge in [0.2, 0.25) is 0 Å². The fourth-order valence-electron chi connectivity index (χ4n) is 3.48. The third-order valence-electron chi connectivity index (χ3n) is 4.82. The number of nitriles is 1. The topological polar surface area (TPSA) is 60.7 Å². The van der Waals surface area contributed by atoms with Gasteiger partial charge in [-0.1, -0.05) is 6.07 Å². The van der Waals surface area contributed by atoms with E-state index in [0.717, 1.165) is 24.2 Å². The molecule has 1 aromatic rings. The Morgan fingerprint density at radius 3 is 2.27 bits per heavy atom. The summed E-state index contributed by atoms with van der Waals surface area (Å²) in [6, 6.07) is 8.17. The molecule has 0 radical (unpaired) electrons. The molecule has 0 unspecified atom stereocenters. The van der Waals surface area contributed by atoms with Crippen molar-refractivity contribution in [3.05, 3.63) is 23.8 Å². The van der Waals surface area contributed by atoms with Crippen LogP contribution in [-0.2, 0) is 14.9 Å². The van der Waals surface area contributed by atoms with E-state index in [0.29, 0.717) is 31.8 Å². The van der Waals surface area contributed by atoms with Crippen LogP contribution in [0.25, 0.3) is 0 Å². The Hall–Kier alpha value is -1.77. The number of methoxy groups -OCH3 is 2. The molecule has 1 aromatic carbocycles. The Kier molecular flexibility index (Phi) is 3.98. The van der Waals surface area contributed by atoms with Gasteiger partial charge in [0, 0.05) is 24.5 Å². The summed E-state index contributed by atoms with van der Waals surface area (Å²) in [5.74, 6) is 0.952. The smallest absolute Gasteiger partial charge is 0.168 e. The molecule has 5 nitrogen and oxygen atoms in total. The Balaban J connectivity index is 1.90. The molecule has 1 aliphatic heterocycles. The average molecular weight is 303 g/mol. The lowest BCUT2D eigenvalue weighted by Gasteiger charge is -2.40. The number of benzene rings is 1. The van der Waals surface area contributed by atoms with Crippen molar-refractivity contribution >= 4 is 0 Å². The molecule has 118 valence electrons. The van der Waals surface area contributed by atoms with Gasteiger partial charge in [0.25, 0.3) is 0 Å². The van der Waals surface area contributed by atoms with E-state index < -0.39 is 11.2 Å². The molecule has 0 amide bonds. The molecular weight excluding hydrogens is 282 g/mol. The number of rotatable bonds is 3. The average Bonchev–Trinajstić information content (AvgIpc) is 3.04. The first-order valence-corrected chi connectivity index (χ1v) is 7.59. The van der Waals surface area contributed by atoms with E-state index in [9.17, 15) is 5.26 Å². The molecule has 3 rings (SSSR count). The zero-order valence-corrected chi connectivity index (χ0v) is 13.1. The fourth-order valence-corrected chi connectivity index (χ4v) is 3.48. The Labute approximate surface area is 130 Å². The highest BCUT2D eigenvalue weighted by atomic mass is 16.7. The summed E-state index contributed by atoms with van der Waals surface area (Å²) in [7, 11) is 3.24. The zero-order valence-electron chi connectivity index (χ0n) is 13.1. The molecule has 1 spiro atoms. The minimum atomic E-state index is -0.557. The molecule has 0 aromatic heterocycles. The van der Waals surface area contributed by atoms with Crippen LogP contribution < -0.4 is 9.47 Å². The lowest BCUT2D eigenvalue weighted by atomic mass is 9.68. The van der Waals surface area contributed by atoms with E-state index >= 15 is 0 Å². The second kappa shape index (κ2) is 5.79. The van der Waals surface area contributed by atoms with E-state index in [1.807, 2.05) is 18.2 Å². The minimum absolute atomic E-state index is 0.472. The van der Waals surface area contributed by atoms with Gasteiger partial charge in [-0.2, -0.15) is 5.26 Å². The third kappa shape index (κ3) is 2.43. The number of ether oxygens (including phenoxy) is 4. The molecule has 22 heavy (non-hydrogen) atoms. The van der Waals surface area contributed by atoms with Crippen LogP contribution >= 0.6 is 0 Å². The quantitative estimate of drug-likeness (QED) is 0.859. The first-order chi connectivity index (χ1) is 10.7. The number of hydrogen-bond donors (Lipinski definition) is 0. The van der Waals surface area contributed by atoms with Crippen molar-refractivity contribution in [2.75, 3.05) is 27.4 Å². The number of nitrogens with zero attached hydrogens (tertiary/aromatic N) is 1. The van der Waals surface area contributed by atoms with E-state index in [4.69, 9.17) is 18.9 Å². The summed E-state index contributed by atoms with van der Waals surface area (Å²) in [5, 5.41) is 9.85. The lowest BCUT2D eigenvalue weighted by Crippen LogP contribution is -2.41. The summed E-state index contributed by atoms with van der Waals surface area (Å²) in [6.07, 6.45) is 2.86. The summed E-state index contributed by atoms with van der Waals surface area (Å²) in [4.78, 5) is 0. The minimum Gasteiger partial charge on any atom is -0.497 e. The molecule has 0 atom stereocenters. The van der Waals surface area contributed by atoms with Crippen molar-refractivity contribution < 1.29 is 18.9 Å². The van der Waals surface area contributed by atoms with Gasteiger partial charge in [-0.15, -0.1) is 0 Å². The van der Waals surface area contributed by atoms with Gasteiger partial charge in [-0.05, 0) is 18.9 Å². The molecule has 0 N–H and O–H groups in total. The van der Waals surface area contributed by atoms with Crippen molar-refractivity contribution in [2.45, 2.75) is 36.9 Å². The van der Waals surface area contributed by atoms with Crippen LogP contribution in [0.15, 0.2) is 18.2 Å². The molecule has 2 fully saturated rings. The fraction of sp³-hybridized carbons (Fsp3) is 0.588. The van der Waals surface area contributed by atoms with Gasteiger partial charge in [-0.25, -0.2) is 0 Å². The number of hydrogen-bond acceptors (Lipinski definition) is 5. The highest BCUT2D eigenvalue weighted by Gasteiger charge is 2.48. The second-order valence-corrected chi connectivity index (χ2v) is 5.87. The summed E-state index contributed by atoms with van der Waals surface area (Å²) in [6.45, 7) is 1.29. The van der Waals surface area contributed by atoms with Crippen molar-refractivity contribution in [1.29, 1.82) is 5.26 Å². The maximum Gasteiger partial charge on any atom is 0.168 e. The van der Waals surface area contributed by atoms with Crippen LogP contribution in [0.1, 0.15) is 31.2 Å². The molecule has 1 aliphatic carbocycles. The van der Waals surface area contributed by atoms with Crippen molar-refractivity contribution in [3.8, 4) is 17.6 Å². The van der Waals surface area contributed by atoms with Crippen LogP contribution in [0.4, 0.5) is 0 Å². The van der Waals surface area contributed by atoms with Gasteiger partial charge in [0.1, 0.15) is 11.5 Å². The Bertz CT molecular complexity index is 577. The van der Waals surface area contributed by atoms with Gasteiger partial charge in [-0.3, -0.25) is 0 Å². The first-order valence-electron chi connectivity index (χ1n) is 7.59. The standard InChI is InChI=1S/C17H21NO4/c1-19-13-3-4-14(15(11-13)20-2)16(12-18)5-7-17(8-6-16)21-9-10-22-17/h3-4,11H,5-10H2,1-2H3. The van der Waals surface area contributed by atoms with E-state index in [-0.39, 0.29) is 0 Å². The predicted octanol–water partition coefficient (Wildman–Crippen LogP) is 2.78. The molecule has 5 heteroatoms. The Morgan fingerprint density at radius 2 is 1.73 bits per heavy atom. The van der Waals surface area contributed by atoms with Gasteiger partial charge in [0.05, 0.1) is 38.9 Å². The van der Waals surface area contributed by atoms with E-state index in [1.165, 1.54) is 0 Å². The molecule has 1 saturated carbocycles. The molecule has 1 saturated heterocycles. The summed E-state index contributed by atoms with van der Waals surface area (Å²) < 4.78 is 22.3. The first kappa shape index (κ1) is 15.1. The Morgan fingerprint density at radius 1 is 1.05 bits per heavy atom. The summed E-state index contributed by atoms with van der Waals surface area (Å²) >= 11 is 0. The van der Waals surface area contributed by atoms with E-state index in [2.05, 4.69) is 6.07 Å². The summed E-state index contributed by atoms with van der Waals surface area (Å²) in [5.41, 5.74) is 0.365. The maximum atomic E-state index is 9.85. The lowest BCUT2D eigenvalue weighted by molar-refractivity contribution is -0.182. The molecule has 0 bridgehead atoms. The normalized spacial score (nSPS) is 22.2. The SMILES string of the molecule is COc1ccc(C2(C#N)CCC3(CC2)OCCO3)c(OC)c1. The molecular formula is C17H21NO4. The second-order valence-electron chi connectivity index (χ2n) is 5.87. The zero-order chi connectivity index (χ0) is 15.6. The highest BCUT2D eigenvalue weighted by Crippen LogP contribution is 2.48. The van der Waals surface area contributed by atoms with Crippen molar-refractivity contribution in [2.24, 2.45) is 0 Å². The van der Waals surface area contributed by atoms with Gasteiger partial charge >= 0.3 is 0 Å². The highest BCUT2D eigenvalue weighted by molar-refractivity contribution is 5.48. The van der Waals surface area contributed by atoms with Gasteiger partial charge in [0.15, 0.2) is 5.79 Å².